The largest absolute Gasteiger partial charge is 0.345 e. The zero-order chi connectivity index (χ0) is 16.6. The lowest BCUT2D eigenvalue weighted by Crippen LogP contribution is -2.26. The van der Waals surface area contributed by atoms with E-state index in [4.69, 9.17) is 11.6 Å². The van der Waals surface area contributed by atoms with Gasteiger partial charge in [0, 0.05) is 22.6 Å². The Balaban J connectivity index is 1.89. The van der Waals surface area contributed by atoms with Crippen LogP contribution < -0.4 is 5.32 Å². The summed E-state index contributed by atoms with van der Waals surface area (Å²) in [5.74, 6) is -0.141. The number of amides is 1. The average Bonchev–Trinajstić information content (AvgIpc) is 2.91. The van der Waals surface area contributed by atoms with E-state index in [-0.39, 0.29) is 11.9 Å². The second-order valence-corrected chi connectivity index (χ2v) is 6.15. The van der Waals surface area contributed by atoms with Crippen LogP contribution in [0.3, 0.4) is 0 Å². The van der Waals surface area contributed by atoms with E-state index in [1.165, 1.54) is 0 Å². The molecule has 0 unspecified atom stereocenters. The molecule has 0 radical (unpaired) electrons. The van der Waals surface area contributed by atoms with Gasteiger partial charge in [-0.3, -0.25) is 4.79 Å². The van der Waals surface area contributed by atoms with Gasteiger partial charge in [-0.05, 0) is 50.6 Å². The summed E-state index contributed by atoms with van der Waals surface area (Å²) in [4.78, 5) is 17.1. The lowest BCUT2D eigenvalue weighted by molar-refractivity contribution is 0.0941. The fourth-order valence-electron chi connectivity index (χ4n) is 2.70. The number of rotatable bonds is 3. The number of carbonyl (C=O) groups excluding carboxylic acids is 1. The predicted molar refractivity (Wildman–Crippen MR) is 92.0 cm³/mol. The van der Waals surface area contributed by atoms with Crippen molar-refractivity contribution >= 4 is 23.2 Å². The van der Waals surface area contributed by atoms with Crippen LogP contribution in [-0.2, 0) is 0 Å². The van der Waals surface area contributed by atoms with Crippen LogP contribution in [0.5, 0.6) is 0 Å². The molecule has 118 valence electrons. The van der Waals surface area contributed by atoms with E-state index in [1.807, 2.05) is 61.7 Å². The zero-order valence-corrected chi connectivity index (χ0v) is 14.1. The minimum atomic E-state index is -0.141. The van der Waals surface area contributed by atoms with Crippen molar-refractivity contribution in [1.82, 2.24) is 14.7 Å². The molecule has 3 aromatic rings. The van der Waals surface area contributed by atoms with Gasteiger partial charge in [-0.15, -0.1) is 0 Å². The summed E-state index contributed by atoms with van der Waals surface area (Å²) in [6.07, 6.45) is 1.87. The standard InChI is InChI=1S/C18H18ClN3O/c1-11-9-12(2)22-8-7-16(17(22)20-11)18(23)21-13(3)14-5-4-6-15(19)10-14/h4-10,13H,1-3H3,(H,21,23)/t13-/m0/s1. The van der Waals surface area contributed by atoms with Crippen LogP contribution in [0, 0.1) is 13.8 Å². The number of nitrogens with zero attached hydrogens (tertiary/aromatic N) is 2. The van der Waals surface area contributed by atoms with Gasteiger partial charge in [0.15, 0.2) is 0 Å². The Labute approximate surface area is 140 Å². The van der Waals surface area contributed by atoms with Gasteiger partial charge >= 0.3 is 0 Å². The SMILES string of the molecule is Cc1cc(C)n2ccc(C(=O)N[C@@H](C)c3cccc(Cl)c3)c2n1. The Kier molecular flexibility index (Phi) is 4.09. The summed E-state index contributed by atoms with van der Waals surface area (Å²) in [6.45, 7) is 5.86. The van der Waals surface area contributed by atoms with E-state index in [0.29, 0.717) is 16.2 Å². The van der Waals surface area contributed by atoms with Crippen LogP contribution in [0.15, 0.2) is 42.6 Å². The molecular weight excluding hydrogens is 310 g/mol. The highest BCUT2D eigenvalue weighted by atomic mass is 35.5. The quantitative estimate of drug-likeness (QED) is 0.787. The maximum atomic E-state index is 12.6. The highest BCUT2D eigenvalue weighted by molar-refractivity contribution is 6.30. The third-order valence-electron chi connectivity index (χ3n) is 3.88. The normalized spacial score (nSPS) is 12.3. The molecule has 0 saturated heterocycles. The van der Waals surface area contributed by atoms with Crippen molar-refractivity contribution in [2.75, 3.05) is 0 Å². The van der Waals surface area contributed by atoms with Gasteiger partial charge in [0.2, 0.25) is 0 Å². The number of carbonyl (C=O) groups is 1. The number of nitrogens with one attached hydrogen (secondary N) is 1. The van der Waals surface area contributed by atoms with Gasteiger partial charge < -0.3 is 9.72 Å². The first-order valence-corrected chi connectivity index (χ1v) is 7.85. The Morgan fingerprint density at radius 3 is 2.78 bits per heavy atom. The number of fused-ring (bicyclic) bond motifs is 1. The molecule has 23 heavy (non-hydrogen) atoms. The lowest BCUT2D eigenvalue weighted by atomic mass is 10.1. The van der Waals surface area contributed by atoms with Crippen molar-refractivity contribution in [1.29, 1.82) is 0 Å². The smallest absolute Gasteiger partial charge is 0.255 e. The fraction of sp³-hybridized carbons (Fsp3) is 0.222. The van der Waals surface area contributed by atoms with Crippen molar-refractivity contribution in [3.63, 3.8) is 0 Å². The molecule has 0 fully saturated rings. The lowest BCUT2D eigenvalue weighted by Gasteiger charge is -2.14. The van der Waals surface area contributed by atoms with Crippen molar-refractivity contribution in [3.8, 4) is 0 Å². The van der Waals surface area contributed by atoms with Crippen LogP contribution in [-0.4, -0.2) is 15.3 Å². The molecule has 1 atom stereocenters. The maximum Gasteiger partial charge on any atom is 0.255 e. The average molecular weight is 328 g/mol. The summed E-state index contributed by atoms with van der Waals surface area (Å²) in [5.41, 5.74) is 4.17. The summed E-state index contributed by atoms with van der Waals surface area (Å²) in [7, 11) is 0. The number of aromatic nitrogens is 2. The van der Waals surface area contributed by atoms with Crippen molar-refractivity contribution in [2.45, 2.75) is 26.8 Å². The number of hydrogen-bond acceptors (Lipinski definition) is 2. The number of hydrogen-bond donors (Lipinski definition) is 1. The molecular formula is C18H18ClN3O. The molecule has 0 aliphatic heterocycles. The van der Waals surface area contributed by atoms with E-state index in [9.17, 15) is 4.79 Å². The van der Waals surface area contributed by atoms with E-state index in [0.717, 1.165) is 17.0 Å². The molecule has 0 aliphatic rings. The predicted octanol–water partition coefficient (Wildman–Crippen LogP) is 4.10. The molecule has 2 aromatic heterocycles. The molecule has 5 heteroatoms. The molecule has 3 rings (SSSR count). The van der Waals surface area contributed by atoms with Gasteiger partial charge in [-0.25, -0.2) is 4.98 Å². The molecule has 1 aromatic carbocycles. The van der Waals surface area contributed by atoms with Crippen molar-refractivity contribution < 1.29 is 4.79 Å². The van der Waals surface area contributed by atoms with E-state index >= 15 is 0 Å². The van der Waals surface area contributed by atoms with Gasteiger partial charge in [0.25, 0.3) is 5.91 Å². The first kappa shape index (κ1) is 15.6. The van der Waals surface area contributed by atoms with Crippen molar-refractivity contribution in [2.24, 2.45) is 0 Å². The molecule has 0 bridgehead atoms. The van der Waals surface area contributed by atoms with Gasteiger partial charge in [-0.2, -0.15) is 0 Å². The Hall–Kier alpha value is -2.33. The third kappa shape index (κ3) is 3.08. The second kappa shape index (κ2) is 6.05. The monoisotopic (exact) mass is 327 g/mol. The molecule has 0 aliphatic carbocycles. The van der Waals surface area contributed by atoms with Gasteiger partial charge in [0.05, 0.1) is 11.6 Å². The molecule has 2 heterocycles. The second-order valence-electron chi connectivity index (χ2n) is 5.71. The van der Waals surface area contributed by atoms with Crippen LogP contribution in [0.2, 0.25) is 5.02 Å². The highest BCUT2D eigenvalue weighted by Crippen LogP contribution is 2.19. The minimum Gasteiger partial charge on any atom is -0.345 e. The first-order chi connectivity index (χ1) is 11.0. The number of benzene rings is 1. The maximum absolute atomic E-state index is 12.6. The van der Waals surface area contributed by atoms with Crippen LogP contribution in [0.1, 0.15) is 40.3 Å². The molecule has 1 amide bonds. The molecule has 1 N–H and O–H groups in total. The van der Waals surface area contributed by atoms with Crippen molar-refractivity contribution in [3.05, 3.63) is 70.1 Å². The van der Waals surface area contributed by atoms with E-state index < -0.39 is 0 Å². The number of aryl methyl sites for hydroxylation is 2. The third-order valence-corrected chi connectivity index (χ3v) is 4.12. The van der Waals surface area contributed by atoms with E-state index in [2.05, 4.69) is 10.3 Å². The van der Waals surface area contributed by atoms with Crippen LogP contribution in [0.25, 0.3) is 5.65 Å². The Morgan fingerprint density at radius 2 is 2.04 bits per heavy atom. The topological polar surface area (TPSA) is 46.4 Å². The van der Waals surface area contributed by atoms with Gasteiger partial charge in [0.1, 0.15) is 5.65 Å². The summed E-state index contributed by atoms with van der Waals surface area (Å²) in [5, 5.41) is 3.66. The molecule has 0 spiro atoms. The Morgan fingerprint density at radius 1 is 1.26 bits per heavy atom. The van der Waals surface area contributed by atoms with Crippen LogP contribution >= 0.6 is 11.6 Å². The fourth-order valence-corrected chi connectivity index (χ4v) is 2.90. The zero-order valence-electron chi connectivity index (χ0n) is 13.3. The number of halogens is 1. The highest BCUT2D eigenvalue weighted by Gasteiger charge is 2.17. The first-order valence-electron chi connectivity index (χ1n) is 7.47. The summed E-state index contributed by atoms with van der Waals surface area (Å²) >= 11 is 6.01. The summed E-state index contributed by atoms with van der Waals surface area (Å²) in [6, 6.07) is 11.1. The van der Waals surface area contributed by atoms with E-state index in [1.54, 1.807) is 6.07 Å². The molecule has 4 nitrogen and oxygen atoms in total. The minimum absolute atomic E-state index is 0.137. The van der Waals surface area contributed by atoms with Crippen LogP contribution in [0.4, 0.5) is 0 Å². The molecule has 0 saturated carbocycles. The Bertz CT molecular complexity index is 885. The summed E-state index contributed by atoms with van der Waals surface area (Å²) < 4.78 is 1.92. The van der Waals surface area contributed by atoms with Gasteiger partial charge in [-0.1, -0.05) is 23.7 Å².